The second-order valence-corrected chi connectivity index (χ2v) is 6.78. The maximum Gasteiger partial charge on any atom is 0.323 e. The number of likely N-dealkylation sites (tertiary alicyclic amines) is 1. The molecule has 0 aliphatic carbocycles. The van der Waals surface area contributed by atoms with Gasteiger partial charge in [0.2, 0.25) is 0 Å². The van der Waals surface area contributed by atoms with E-state index in [0.29, 0.717) is 18.4 Å². The van der Waals surface area contributed by atoms with E-state index >= 15 is 0 Å². The molecular formula is C15H30N2O2. The van der Waals surface area contributed by atoms with Crippen molar-refractivity contribution in [3.05, 3.63) is 0 Å². The van der Waals surface area contributed by atoms with E-state index in [0.717, 1.165) is 19.6 Å². The molecular weight excluding hydrogens is 240 g/mol. The number of carboxylic acids is 1. The first kappa shape index (κ1) is 16.4. The number of hydrogen-bond donors (Lipinski definition) is 2. The summed E-state index contributed by atoms with van der Waals surface area (Å²) in [6, 6.07) is 0. The maximum atomic E-state index is 11.4. The minimum Gasteiger partial charge on any atom is -0.480 e. The normalized spacial score (nSPS) is 23.6. The molecule has 0 radical (unpaired) electrons. The largest absolute Gasteiger partial charge is 0.480 e. The van der Waals surface area contributed by atoms with Gasteiger partial charge in [0.05, 0.1) is 0 Å². The molecule has 1 saturated heterocycles. The first-order valence-corrected chi connectivity index (χ1v) is 7.50. The van der Waals surface area contributed by atoms with E-state index in [4.69, 9.17) is 0 Å². The lowest BCUT2D eigenvalue weighted by Crippen LogP contribution is -2.51. The van der Waals surface area contributed by atoms with Crippen LogP contribution in [-0.2, 0) is 4.79 Å². The van der Waals surface area contributed by atoms with E-state index < -0.39 is 11.5 Å². The molecule has 1 heterocycles. The maximum absolute atomic E-state index is 11.4. The highest BCUT2D eigenvalue weighted by molar-refractivity contribution is 5.78. The van der Waals surface area contributed by atoms with Crippen LogP contribution in [0.15, 0.2) is 0 Å². The number of rotatable bonds is 6. The zero-order chi connectivity index (χ0) is 14.5. The van der Waals surface area contributed by atoms with Crippen molar-refractivity contribution >= 4 is 5.97 Å². The standard InChI is InChI=1S/C15H30N2O2/c1-5-16-15(4,13(18)19)9-12-17-10-6-7-14(2,3)8-11-17/h16H,5-12H2,1-4H3,(H,18,19). The summed E-state index contributed by atoms with van der Waals surface area (Å²) in [5.41, 5.74) is -0.358. The SMILES string of the molecule is CCNC(C)(CCN1CCCC(C)(C)CC1)C(=O)O. The van der Waals surface area contributed by atoms with Gasteiger partial charge in [-0.15, -0.1) is 0 Å². The Morgan fingerprint density at radius 1 is 1.37 bits per heavy atom. The Morgan fingerprint density at radius 2 is 2.05 bits per heavy atom. The number of aliphatic carboxylic acids is 1. The van der Waals surface area contributed by atoms with Gasteiger partial charge in [-0.05, 0) is 57.7 Å². The summed E-state index contributed by atoms with van der Waals surface area (Å²) in [5.74, 6) is -0.746. The average Bonchev–Trinajstić information content (AvgIpc) is 2.48. The Morgan fingerprint density at radius 3 is 2.63 bits per heavy atom. The topological polar surface area (TPSA) is 52.6 Å². The minimum absolute atomic E-state index is 0.437. The van der Waals surface area contributed by atoms with Crippen LogP contribution >= 0.6 is 0 Å². The van der Waals surface area contributed by atoms with Crippen LogP contribution in [0.2, 0.25) is 0 Å². The number of carbonyl (C=O) groups is 1. The fourth-order valence-corrected chi connectivity index (χ4v) is 2.75. The fraction of sp³-hybridized carbons (Fsp3) is 0.933. The van der Waals surface area contributed by atoms with Gasteiger partial charge in [0.25, 0.3) is 0 Å². The molecule has 0 aromatic rings. The molecule has 0 aromatic heterocycles. The lowest BCUT2D eigenvalue weighted by molar-refractivity contribution is -0.144. The van der Waals surface area contributed by atoms with Gasteiger partial charge < -0.3 is 15.3 Å². The summed E-state index contributed by atoms with van der Waals surface area (Å²) in [4.78, 5) is 13.8. The van der Waals surface area contributed by atoms with Crippen LogP contribution in [0.25, 0.3) is 0 Å². The molecule has 1 aliphatic heterocycles. The lowest BCUT2D eigenvalue weighted by Gasteiger charge is -2.29. The van der Waals surface area contributed by atoms with Crippen LogP contribution < -0.4 is 5.32 Å². The van der Waals surface area contributed by atoms with Gasteiger partial charge in [-0.2, -0.15) is 0 Å². The molecule has 1 aliphatic rings. The van der Waals surface area contributed by atoms with Crippen molar-refractivity contribution in [1.82, 2.24) is 10.2 Å². The van der Waals surface area contributed by atoms with Crippen molar-refractivity contribution in [2.75, 3.05) is 26.2 Å². The minimum atomic E-state index is -0.795. The molecule has 0 bridgehead atoms. The summed E-state index contributed by atoms with van der Waals surface area (Å²) in [7, 11) is 0. The predicted octanol–water partition coefficient (Wildman–Crippen LogP) is 2.34. The number of nitrogens with one attached hydrogen (secondary N) is 1. The molecule has 1 unspecified atom stereocenters. The second kappa shape index (κ2) is 6.71. The number of nitrogens with zero attached hydrogens (tertiary/aromatic N) is 1. The third kappa shape index (κ3) is 5.11. The van der Waals surface area contributed by atoms with E-state index in [1.807, 2.05) is 6.92 Å². The monoisotopic (exact) mass is 270 g/mol. The molecule has 0 aromatic carbocycles. The van der Waals surface area contributed by atoms with Crippen molar-refractivity contribution in [3.63, 3.8) is 0 Å². The van der Waals surface area contributed by atoms with Crippen molar-refractivity contribution < 1.29 is 9.90 Å². The van der Waals surface area contributed by atoms with E-state index in [9.17, 15) is 9.90 Å². The first-order chi connectivity index (χ1) is 8.79. The third-order valence-corrected chi connectivity index (χ3v) is 4.40. The third-order valence-electron chi connectivity index (χ3n) is 4.40. The highest BCUT2D eigenvalue weighted by atomic mass is 16.4. The highest BCUT2D eigenvalue weighted by Gasteiger charge is 2.32. The van der Waals surface area contributed by atoms with Crippen molar-refractivity contribution in [2.45, 2.75) is 58.9 Å². The molecule has 0 amide bonds. The molecule has 1 rings (SSSR count). The zero-order valence-corrected chi connectivity index (χ0v) is 13.0. The van der Waals surface area contributed by atoms with Gasteiger partial charge in [0, 0.05) is 6.54 Å². The van der Waals surface area contributed by atoms with Crippen LogP contribution in [0, 0.1) is 5.41 Å². The Labute approximate surface area is 117 Å². The lowest BCUT2D eigenvalue weighted by atomic mass is 9.85. The molecule has 1 fully saturated rings. The van der Waals surface area contributed by atoms with Crippen LogP contribution in [0.4, 0.5) is 0 Å². The molecule has 1 atom stereocenters. The van der Waals surface area contributed by atoms with Crippen LogP contribution in [0.3, 0.4) is 0 Å². The van der Waals surface area contributed by atoms with Crippen LogP contribution in [0.1, 0.15) is 53.4 Å². The second-order valence-electron chi connectivity index (χ2n) is 6.78. The number of likely N-dealkylation sites (N-methyl/N-ethyl adjacent to an activating group) is 1. The Kier molecular flexibility index (Phi) is 5.81. The number of carboxylic acid groups (broad SMARTS) is 1. The van der Waals surface area contributed by atoms with E-state index in [1.165, 1.54) is 19.3 Å². The summed E-state index contributed by atoms with van der Waals surface area (Å²) < 4.78 is 0. The quantitative estimate of drug-likeness (QED) is 0.778. The van der Waals surface area contributed by atoms with E-state index in [1.54, 1.807) is 6.92 Å². The van der Waals surface area contributed by atoms with Crippen LogP contribution in [0.5, 0.6) is 0 Å². The van der Waals surface area contributed by atoms with E-state index in [-0.39, 0.29) is 0 Å². The van der Waals surface area contributed by atoms with Crippen molar-refractivity contribution in [3.8, 4) is 0 Å². The highest BCUT2D eigenvalue weighted by Crippen LogP contribution is 2.30. The van der Waals surface area contributed by atoms with Crippen molar-refractivity contribution in [1.29, 1.82) is 0 Å². The molecule has 2 N–H and O–H groups in total. The van der Waals surface area contributed by atoms with Gasteiger partial charge >= 0.3 is 5.97 Å². The average molecular weight is 270 g/mol. The molecule has 0 saturated carbocycles. The van der Waals surface area contributed by atoms with Gasteiger partial charge in [-0.1, -0.05) is 20.8 Å². The first-order valence-electron chi connectivity index (χ1n) is 7.50. The predicted molar refractivity (Wildman–Crippen MR) is 78.4 cm³/mol. The Hall–Kier alpha value is -0.610. The zero-order valence-electron chi connectivity index (χ0n) is 13.0. The van der Waals surface area contributed by atoms with E-state index in [2.05, 4.69) is 24.1 Å². The molecule has 4 heteroatoms. The van der Waals surface area contributed by atoms with Gasteiger partial charge in [-0.25, -0.2) is 0 Å². The van der Waals surface area contributed by atoms with Gasteiger partial charge in [-0.3, -0.25) is 4.79 Å². The molecule has 112 valence electrons. The fourth-order valence-electron chi connectivity index (χ4n) is 2.75. The number of hydrogen-bond acceptors (Lipinski definition) is 3. The Bertz CT molecular complexity index is 305. The van der Waals surface area contributed by atoms with Crippen LogP contribution in [-0.4, -0.2) is 47.7 Å². The van der Waals surface area contributed by atoms with Gasteiger partial charge in [0.1, 0.15) is 5.54 Å². The summed E-state index contributed by atoms with van der Waals surface area (Å²) in [5, 5.41) is 12.5. The van der Waals surface area contributed by atoms with Gasteiger partial charge in [0.15, 0.2) is 0 Å². The summed E-state index contributed by atoms with van der Waals surface area (Å²) >= 11 is 0. The summed E-state index contributed by atoms with van der Waals surface area (Å²) in [6.07, 6.45) is 4.36. The van der Waals surface area contributed by atoms with Crippen molar-refractivity contribution in [2.24, 2.45) is 5.41 Å². The molecule has 4 nitrogen and oxygen atoms in total. The molecule has 0 spiro atoms. The summed E-state index contributed by atoms with van der Waals surface area (Å²) in [6.45, 7) is 12.2. The Balaban J connectivity index is 2.48. The smallest absolute Gasteiger partial charge is 0.323 e. The molecule has 19 heavy (non-hydrogen) atoms.